The van der Waals surface area contributed by atoms with Gasteiger partial charge >= 0.3 is 6.18 Å². The molecule has 0 spiro atoms. The second kappa shape index (κ2) is 8.03. The van der Waals surface area contributed by atoms with Crippen molar-refractivity contribution in [3.8, 4) is 6.07 Å². The molecule has 0 fully saturated rings. The number of carbonyl (C=O) groups is 1. The number of halogens is 4. The lowest BCUT2D eigenvalue weighted by Gasteiger charge is -2.45. The van der Waals surface area contributed by atoms with Crippen LogP contribution >= 0.6 is 34.7 Å². The molecule has 3 atom stereocenters. The van der Waals surface area contributed by atoms with Crippen molar-refractivity contribution < 1.29 is 23.1 Å². The summed E-state index contributed by atoms with van der Waals surface area (Å²) in [6, 6.07) is 10.9. The van der Waals surface area contributed by atoms with E-state index in [1.165, 1.54) is 30.5 Å². The minimum absolute atomic E-state index is 0.0430. The van der Waals surface area contributed by atoms with Crippen LogP contribution in [-0.2, 0) is 0 Å². The number of nitrogens with zero attached hydrogens (tertiary/aromatic N) is 1. The molecule has 3 rings (SSSR count). The Kier molecular flexibility index (Phi) is 6.01. The minimum Gasteiger partial charge on any atom is -0.363 e. The zero-order valence-electron chi connectivity index (χ0n) is 14.8. The molecule has 1 aromatic heterocycles. The van der Waals surface area contributed by atoms with Crippen molar-refractivity contribution in [1.82, 2.24) is 5.32 Å². The standard InChI is InChI=1S/C19H14ClF3N2O2S2/c1-28-17-11(9-24)14(10-5-2-3-6-12(10)20)15(16(26)13-7-4-8-29-13)18(27,25-17)19(21,22)23/h2-8,14-15,25,27H,1H3/t14-,15+,18-/m0/s1. The third-order valence-electron chi connectivity index (χ3n) is 4.69. The van der Waals surface area contributed by atoms with Crippen LogP contribution in [0.15, 0.2) is 52.4 Å². The van der Waals surface area contributed by atoms with Crippen LogP contribution in [0.1, 0.15) is 21.2 Å². The number of allylic oxidation sites excluding steroid dienone is 1. The number of ketones is 1. The fourth-order valence-electron chi connectivity index (χ4n) is 3.37. The van der Waals surface area contributed by atoms with Crippen molar-refractivity contribution in [1.29, 1.82) is 5.26 Å². The fourth-order valence-corrected chi connectivity index (χ4v) is 4.98. The Morgan fingerprint density at radius 2 is 2.03 bits per heavy atom. The van der Waals surface area contributed by atoms with Gasteiger partial charge in [-0.3, -0.25) is 4.79 Å². The van der Waals surface area contributed by atoms with Crippen LogP contribution in [0.3, 0.4) is 0 Å². The highest BCUT2D eigenvalue weighted by atomic mass is 35.5. The first-order chi connectivity index (χ1) is 13.7. The largest absolute Gasteiger partial charge is 0.437 e. The number of nitriles is 1. The normalized spacial score (nSPS) is 24.7. The van der Waals surface area contributed by atoms with Crippen LogP contribution in [0.2, 0.25) is 5.02 Å². The van der Waals surface area contributed by atoms with E-state index in [4.69, 9.17) is 11.6 Å². The summed E-state index contributed by atoms with van der Waals surface area (Å²) in [5, 5.41) is 24.1. The summed E-state index contributed by atoms with van der Waals surface area (Å²) in [6.07, 6.45) is -3.73. The Hall–Kier alpha value is -1.99. The SMILES string of the molecule is CSC1=C(C#N)[C@H](c2ccccc2Cl)[C@H](C(=O)c2cccs2)[C@](O)(C(F)(F)F)N1. The van der Waals surface area contributed by atoms with Crippen molar-refractivity contribution in [3.05, 3.63) is 67.8 Å². The molecule has 0 unspecified atom stereocenters. The van der Waals surface area contributed by atoms with Gasteiger partial charge in [0.15, 0.2) is 5.78 Å². The Bertz CT molecular complexity index is 1000. The molecule has 0 bridgehead atoms. The molecule has 0 aliphatic carbocycles. The number of Topliss-reactive ketones (excluding diaryl/α,β-unsaturated/α-hetero) is 1. The maximum absolute atomic E-state index is 14.1. The maximum atomic E-state index is 14.1. The summed E-state index contributed by atoms with van der Waals surface area (Å²) in [5.74, 6) is -4.37. The van der Waals surface area contributed by atoms with E-state index < -0.39 is 29.5 Å². The van der Waals surface area contributed by atoms with Gasteiger partial charge in [-0.1, -0.05) is 35.9 Å². The summed E-state index contributed by atoms with van der Waals surface area (Å²) in [4.78, 5) is 13.2. The average molecular weight is 459 g/mol. The maximum Gasteiger partial charge on any atom is 0.437 e. The predicted molar refractivity (Wildman–Crippen MR) is 107 cm³/mol. The molecule has 0 saturated heterocycles. The third-order valence-corrected chi connectivity index (χ3v) is 6.65. The summed E-state index contributed by atoms with van der Waals surface area (Å²) in [7, 11) is 0. The summed E-state index contributed by atoms with van der Waals surface area (Å²) in [6.45, 7) is 0. The average Bonchev–Trinajstić information content (AvgIpc) is 3.21. The molecule has 0 radical (unpaired) electrons. The van der Waals surface area contributed by atoms with E-state index in [-0.39, 0.29) is 26.1 Å². The topological polar surface area (TPSA) is 73.1 Å². The molecule has 1 aromatic carbocycles. The molecule has 0 saturated carbocycles. The van der Waals surface area contributed by atoms with Crippen LogP contribution in [0.5, 0.6) is 0 Å². The number of hydrogen-bond acceptors (Lipinski definition) is 6. The lowest BCUT2D eigenvalue weighted by atomic mass is 9.70. The minimum atomic E-state index is -5.20. The first kappa shape index (κ1) is 21.7. The number of rotatable bonds is 4. The summed E-state index contributed by atoms with van der Waals surface area (Å²) < 4.78 is 42.3. The third kappa shape index (κ3) is 3.66. The summed E-state index contributed by atoms with van der Waals surface area (Å²) in [5.41, 5.74) is -3.51. The molecule has 2 aromatic rings. The second-order valence-corrected chi connectivity index (χ2v) is 8.44. The number of aliphatic hydroxyl groups is 1. The van der Waals surface area contributed by atoms with Crippen LogP contribution in [0.25, 0.3) is 0 Å². The molecule has 29 heavy (non-hydrogen) atoms. The fraction of sp³-hybridized carbons (Fsp3) is 0.263. The van der Waals surface area contributed by atoms with Crippen molar-refractivity contribution in [2.75, 3.05) is 6.26 Å². The zero-order chi connectivity index (χ0) is 21.4. The van der Waals surface area contributed by atoms with Crippen molar-refractivity contribution in [3.63, 3.8) is 0 Å². The molecule has 2 N–H and O–H groups in total. The Morgan fingerprint density at radius 3 is 2.55 bits per heavy atom. The number of benzene rings is 1. The molecule has 1 aliphatic rings. The van der Waals surface area contributed by atoms with Gasteiger partial charge in [-0.05, 0) is 29.3 Å². The van der Waals surface area contributed by atoms with Crippen LogP contribution in [-0.4, -0.2) is 29.0 Å². The van der Waals surface area contributed by atoms with Gasteiger partial charge in [0.2, 0.25) is 5.72 Å². The van der Waals surface area contributed by atoms with Gasteiger partial charge in [0.05, 0.1) is 27.5 Å². The molecule has 10 heteroatoms. The number of nitrogens with one attached hydrogen (secondary N) is 1. The molecule has 2 heterocycles. The van der Waals surface area contributed by atoms with Gasteiger partial charge in [-0.15, -0.1) is 23.1 Å². The Labute approximate surface area is 178 Å². The van der Waals surface area contributed by atoms with Gasteiger partial charge in [0, 0.05) is 10.9 Å². The number of carbonyl (C=O) groups excluding carboxylic acids is 1. The van der Waals surface area contributed by atoms with E-state index in [0.717, 1.165) is 23.1 Å². The number of thiophene rings is 1. The monoisotopic (exact) mass is 458 g/mol. The van der Waals surface area contributed by atoms with Crippen molar-refractivity contribution >= 4 is 40.5 Å². The van der Waals surface area contributed by atoms with Crippen molar-refractivity contribution in [2.45, 2.75) is 17.8 Å². The van der Waals surface area contributed by atoms with Gasteiger partial charge in [0.1, 0.15) is 0 Å². The highest BCUT2D eigenvalue weighted by molar-refractivity contribution is 8.02. The first-order valence-corrected chi connectivity index (χ1v) is 10.7. The van der Waals surface area contributed by atoms with E-state index in [9.17, 15) is 28.3 Å². The molecule has 152 valence electrons. The van der Waals surface area contributed by atoms with Crippen molar-refractivity contribution in [2.24, 2.45) is 5.92 Å². The van der Waals surface area contributed by atoms with E-state index in [1.807, 2.05) is 11.4 Å². The van der Waals surface area contributed by atoms with Gasteiger partial charge < -0.3 is 10.4 Å². The predicted octanol–water partition coefficient (Wildman–Crippen LogP) is 4.94. The molecule has 1 aliphatic heterocycles. The number of thioether (sulfide) groups is 1. The Morgan fingerprint density at radius 1 is 1.34 bits per heavy atom. The smallest absolute Gasteiger partial charge is 0.363 e. The molecular weight excluding hydrogens is 445 g/mol. The van der Waals surface area contributed by atoms with Gasteiger partial charge in [-0.2, -0.15) is 18.4 Å². The second-order valence-electron chi connectivity index (χ2n) is 6.27. The molecule has 4 nitrogen and oxygen atoms in total. The van der Waals surface area contributed by atoms with Crippen LogP contribution in [0, 0.1) is 17.2 Å². The van der Waals surface area contributed by atoms with E-state index >= 15 is 0 Å². The molecular formula is C19H14ClF3N2O2S2. The van der Waals surface area contributed by atoms with Crippen LogP contribution < -0.4 is 5.32 Å². The quantitative estimate of drug-likeness (QED) is 0.635. The lowest BCUT2D eigenvalue weighted by Crippen LogP contribution is -2.66. The zero-order valence-corrected chi connectivity index (χ0v) is 17.2. The highest BCUT2D eigenvalue weighted by Gasteiger charge is 2.66. The Balaban J connectivity index is 2.35. The van der Waals surface area contributed by atoms with Gasteiger partial charge in [0.25, 0.3) is 0 Å². The summed E-state index contributed by atoms with van der Waals surface area (Å²) >= 11 is 8.05. The van der Waals surface area contributed by atoms with E-state index in [1.54, 1.807) is 17.5 Å². The molecule has 0 amide bonds. The van der Waals surface area contributed by atoms with E-state index in [0.29, 0.717) is 0 Å². The first-order valence-electron chi connectivity index (χ1n) is 8.23. The lowest BCUT2D eigenvalue weighted by molar-refractivity contribution is -0.285. The highest BCUT2D eigenvalue weighted by Crippen LogP contribution is 2.52. The number of alkyl halides is 3. The van der Waals surface area contributed by atoms with Crippen LogP contribution in [0.4, 0.5) is 13.2 Å². The number of hydrogen-bond donors (Lipinski definition) is 2. The van der Waals surface area contributed by atoms with E-state index in [2.05, 4.69) is 0 Å². The van der Waals surface area contributed by atoms with Gasteiger partial charge in [-0.25, -0.2) is 0 Å².